The molecule has 0 bridgehead atoms. The molecule has 0 unspecified atom stereocenters. The molecule has 0 aliphatic rings. The minimum Gasteiger partial charge on any atom is -0.305 e. The Balaban J connectivity index is 0.000000674. The quantitative estimate of drug-likeness (QED) is 0.0756. The van der Waals surface area contributed by atoms with Crippen molar-refractivity contribution in [2.45, 2.75) is 254 Å². The van der Waals surface area contributed by atoms with E-state index in [1.54, 1.807) is 0 Å². The van der Waals surface area contributed by atoms with Gasteiger partial charge in [-0.05, 0) is 91.4 Å². The van der Waals surface area contributed by atoms with E-state index in [9.17, 15) is 0 Å². The van der Waals surface area contributed by atoms with E-state index < -0.39 is 40.4 Å². The zero-order valence-electron chi connectivity index (χ0n) is 72.5. The maximum Gasteiger partial charge on any atom is 0.0799 e. The number of aryl methyl sites for hydroxylation is 11. The van der Waals surface area contributed by atoms with Gasteiger partial charge in [0.15, 0.2) is 0 Å². The number of pyridine rings is 5. The standard InChI is InChI=1S/C20H28NSi.3C19H26NSi.C17H22NSi.5Ir/c1-14(2)8-18-12-19(21-13-20(18)22(5,6)7)17-10-15(3)9-16(4)11-17;1-13(2)17-11-18(20-12-19(17)21(5,6)7)16-9-14(3)8-15(4)10-16;1-13(2)18-11-17(21(5,6)7)12-20-19(18)16-9-14(3)8-15(4)10-16;1-13(2)19-18(21(5,6)7)9-8-17(20-19)16-11-14(3)10-15(4)12-16;1-12-9-13(2)11-15(10-12)16-7-8-17(14(3)18-16)19(4,5)6;;;;;/h9-10,12-14H,8H2,1-7H3;2*8-9,11-13H,1-7H3;8-11,13H,1-7H3;7-10H,1-6H3;;;;;/q5*-1;;;;;. The first-order chi connectivity index (χ1) is 48.0. The third-order valence-electron chi connectivity index (χ3n) is 18.5. The molecule has 0 N–H and O–H groups in total. The van der Waals surface area contributed by atoms with Crippen LogP contribution < -0.4 is 25.9 Å². The molecule has 0 aliphatic carbocycles. The zero-order valence-corrected chi connectivity index (χ0v) is 89.4. The zero-order chi connectivity index (χ0) is 78.1. The maximum absolute atomic E-state index is 4.99. The molecule has 5 aromatic heterocycles. The van der Waals surface area contributed by atoms with Crippen molar-refractivity contribution >= 4 is 66.3 Å². The van der Waals surface area contributed by atoms with Gasteiger partial charge in [0.1, 0.15) is 0 Å². The Bertz CT molecular complexity index is 4390. The van der Waals surface area contributed by atoms with Crippen LogP contribution in [-0.4, -0.2) is 65.3 Å². The number of aromatic nitrogens is 5. The predicted octanol–water partition coefficient (Wildman–Crippen LogP) is 23.4. The van der Waals surface area contributed by atoms with Crippen LogP contribution in [0.2, 0.25) is 98.2 Å². The van der Waals surface area contributed by atoms with Gasteiger partial charge in [-0.15, -0.1) is 174 Å². The molecule has 599 valence electrons. The van der Waals surface area contributed by atoms with E-state index in [1.807, 2.05) is 0 Å². The summed E-state index contributed by atoms with van der Waals surface area (Å²) < 4.78 is 0. The first-order valence-electron chi connectivity index (χ1n) is 38.0. The van der Waals surface area contributed by atoms with E-state index in [0.29, 0.717) is 23.7 Å². The number of hydrogen-bond donors (Lipinski definition) is 0. The summed E-state index contributed by atoms with van der Waals surface area (Å²) in [4.78, 5) is 24.1. The molecular formula is C94H128Ir5N5Si5-5. The molecule has 0 spiro atoms. The van der Waals surface area contributed by atoms with Crippen LogP contribution in [0.3, 0.4) is 0 Å². The van der Waals surface area contributed by atoms with Crippen LogP contribution in [0.5, 0.6) is 0 Å². The van der Waals surface area contributed by atoms with Crippen LogP contribution in [0.1, 0.15) is 157 Å². The molecule has 0 saturated carbocycles. The van der Waals surface area contributed by atoms with Crippen LogP contribution in [0.4, 0.5) is 0 Å². The molecule has 109 heavy (non-hydrogen) atoms. The molecule has 5 nitrogen and oxygen atoms in total. The fourth-order valence-electron chi connectivity index (χ4n) is 13.6. The number of nitrogens with zero attached hydrogens (tertiary/aromatic N) is 5. The second-order valence-corrected chi connectivity index (χ2v) is 61.3. The second kappa shape index (κ2) is 43.8. The third-order valence-corrected chi connectivity index (χ3v) is 28.8. The SMILES string of the molecule is Cc1[c-]c(-c2cc(C(C)C)c([Si](C)(C)C)cn2)cc(C)c1.Cc1[c-]c(-c2cc(CC(C)C)c([Si](C)(C)C)cn2)cc(C)c1.Cc1[c-]c(-c2ccc([Si](C)(C)C)c(C(C)C)n2)cc(C)c1.Cc1[c-]c(-c2ccc([Si](C)(C)C)c(C)n2)cc(C)c1.Cc1[c-]c(-c2ncc([Si](C)(C)C)cc2C(C)C)cc(C)c1.[Ir].[Ir].[Ir].[Ir].[Ir]. The van der Waals surface area contributed by atoms with E-state index in [4.69, 9.17) is 24.9 Å². The average Bonchev–Trinajstić information content (AvgIpc) is 0.815. The molecule has 10 rings (SSSR count). The Hall–Kier alpha value is -3.82. The summed E-state index contributed by atoms with van der Waals surface area (Å²) in [5.74, 6) is 2.11. The van der Waals surface area contributed by atoms with Gasteiger partial charge in [-0.25, -0.2) is 0 Å². The van der Waals surface area contributed by atoms with Gasteiger partial charge >= 0.3 is 0 Å². The largest absolute Gasteiger partial charge is 0.305 e. The summed E-state index contributed by atoms with van der Waals surface area (Å²) in [7, 11) is -6.71. The minimum absolute atomic E-state index is 0. The van der Waals surface area contributed by atoms with Crippen molar-refractivity contribution < 1.29 is 101 Å². The summed E-state index contributed by atoms with van der Waals surface area (Å²) in [5.41, 5.74) is 29.8. The van der Waals surface area contributed by atoms with E-state index in [-0.39, 0.29) is 101 Å². The summed E-state index contributed by atoms with van der Waals surface area (Å²) in [5, 5.41) is 7.32. The van der Waals surface area contributed by atoms with Crippen molar-refractivity contribution in [1.82, 2.24) is 24.9 Å². The molecule has 0 saturated heterocycles. The molecule has 0 atom stereocenters. The van der Waals surface area contributed by atoms with E-state index >= 15 is 0 Å². The topological polar surface area (TPSA) is 64.5 Å². The molecule has 0 fully saturated rings. The molecule has 5 radical (unpaired) electrons. The molecule has 0 amide bonds. The van der Waals surface area contributed by atoms with Gasteiger partial charge in [0.2, 0.25) is 0 Å². The fourth-order valence-corrected chi connectivity index (χ4v) is 21.3. The van der Waals surface area contributed by atoms with Gasteiger partial charge in [-0.2, -0.15) is 0 Å². The monoisotopic (exact) mass is 2430 g/mol. The van der Waals surface area contributed by atoms with Crippen molar-refractivity contribution in [2.24, 2.45) is 5.92 Å². The van der Waals surface area contributed by atoms with Crippen LogP contribution >= 0.6 is 0 Å². The number of hydrogen-bond acceptors (Lipinski definition) is 5. The maximum atomic E-state index is 4.99. The average molecular weight is 2430 g/mol. The van der Waals surface area contributed by atoms with Gasteiger partial charge in [-0.3, -0.25) is 0 Å². The van der Waals surface area contributed by atoms with Gasteiger partial charge in [-0.1, -0.05) is 282 Å². The first kappa shape index (κ1) is 103. The minimum atomic E-state index is -1.36. The normalized spacial score (nSPS) is 11.4. The summed E-state index contributed by atoms with van der Waals surface area (Å²) in [6.45, 7) is 77.0. The second-order valence-electron chi connectivity index (χ2n) is 36.1. The Morgan fingerprint density at radius 1 is 0.303 bits per heavy atom. The van der Waals surface area contributed by atoms with Crippen molar-refractivity contribution in [3.05, 3.63) is 236 Å². The molecule has 10 aromatic rings. The summed E-state index contributed by atoms with van der Waals surface area (Å²) >= 11 is 0. The summed E-state index contributed by atoms with van der Waals surface area (Å²) in [6, 6.07) is 54.7. The van der Waals surface area contributed by atoms with Gasteiger partial charge in [0.25, 0.3) is 0 Å². The molecule has 5 heterocycles. The van der Waals surface area contributed by atoms with E-state index in [2.05, 4.69) is 382 Å². The smallest absolute Gasteiger partial charge is 0.0799 e. The van der Waals surface area contributed by atoms with Crippen LogP contribution in [0.15, 0.2) is 122 Å². The summed E-state index contributed by atoms with van der Waals surface area (Å²) in [6.07, 6.45) is 7.45. The van der Waals surface area contributed by atoms with Gasteiger partial charge < -0.3 is 24.9 Å². The Morgan fingerprint density at radius 3 is 0.982 bits per heavy atom. The van der Waals surface area contributed by atoms with E-state index in [1.165, 1.54) is 110 Å². The van der Waals surface area contributed by atoms with Crippen molar-refractivity contribution in [1.29, 1.82) is 0 Å². The van der Waals surface area contributed by atoms with Crippen molar-refractivity contribution in [3.63, 3.8) is 0 Å². The molecule has 15 heteroatoms. The molecule has 5 aromatic carbocycles. The Kier molecular flexibility index (Phi) is 41.4. The van der Waals surface area contributed by atoms with Crippen LogP contribution in [-0.2, 0) is 107 Å². The van der Waals surface area contributed by atoms with Crippen LogP contribution in [0.25, 0.3) is 56.3 Å². The third kappa shape index (κ3) is 31.0. The first-order valence-corrected chi connectivity index (χ1v) is 55.5. The number of benzene rings is 5. The molecular weight excluding hydrogens is 2300 g/mol. The van der Waals surface area contributed by atoms with E-state index in [0.717, 1.165) is 62.7 Å². The number of rotatable bonds is 15. The van der Waals surface area contributed by atoms with Crippen molar-refractivity contribution in [3.8, 4) is 56.3 Å². The van der Waals surface area contributed by atoms with Crippen molar-refractivity contribution in [2.75, 3.05) is 0 Å². The molecule has 0 aliphatic heterocycles. The van der Waals surface area contributed by atoms with Crippen LogP contribution in [0, 0.1) is 112 Å². The predicted molar refractivity (Wildman–Crippen MR) is 470 cm³/mol. The van der Waals surface area contributed by atoms with Gasteiger partial charge in [0.05, 0.1) is 40.4 Å². The Morgan fingerprint density at radius 2 is 0.642 bits per heavy atom. The van der Waals surface area contributed by atoms with Gasteiger partial charge in [0, 0.05) is 131 Å². The Labute approximate surface area is 736 Å². The fraction of sp³-hybridized carbons (Fsp3) is 0.415.